The van der Waals surface area contributed by atoms with Crippen molar-refractivity contribution in [2.24, 2.45) is 10.9 Å². The second-order valence-corrected chi connectivity index (χ2v) is 7.24. The highest BCUT2D eigenvalue weighted by Gasteiger charge is 2.19. The van der Waals surface area contributed by atoms with Gasteiger partial charge in [0.15, 0.2) is 5.96 Å². The highest BCUT2D eigenvalue weighted by Crippen LogP contribution is 2.14. The summed E-state index contributed by atoms with van der Waals surface area (Å²) in [5.74, 6) is 1.62. The molecule has 6 nitrogen and oxygen atoms in total. The molecule has 2 aliphatic rings. The third kappa shape index (κ3) is 8.38. The van der Waals surface area contributed by atoms with Gasteiger partial charge in [0, 0.05) is 59.2 Å². The van der Waals surface area contributed by atoms with E-state index in [2.05, 4.69) is 27.4 Å². The number of hydrogen-bond donors (Lipinski definition) is 2. The molecule has 0 aliphatic carbocycles. The Kier molecular flexibility index (Phi) is 10.2. The quantitative estimate of drug-likeness (QED) is 0.376. The maximum absolute atomic E-state index is 5.81. The zero-order valence-corrected chi connectivity index (χ0v) is 16.3. The van der Waals surface area contributed by atoms with Crippen LogP contribution in [0.1, 0.15) is 45.4 Å². The summed E-state index contributed by atoms with van der Waals surface area (Å²) in [7, 11) is 1.85. The molecule has 25 heavy (non-hydrogen) atoms. The number of nitrogens with one attached hydrogen (secondary N) is 2. The Labute approximate surface area is 153 Å². The second-order valence-electron chi connectivity index (χ2n) is 7.24. The molecule has 0 saturated carbocycles. The molecule has 2 saturated heterocycles. The molecule has 2 heterocycles. The lowest BCUT2D eigenvalue weighted by Crippen LogP contribution is -2.49. The van der Waals surface area contributed by atoms with E-state index in [0.29, 0.717) is 12.0 Å². The fourth-order valence-electron chi connectivity index (χ4n) is 3.55. The smallest absolute Gasteiger partial charge is 0.191 e. The zero-order valence-electron chi connectivity index (χ0n) is 16.3. The van der Waals surface area contributed by atoms with Crippen LogP contribution in [0, 0.1) is 5.92 Å². The summed E-state index contributed by atoms with van der Waals surface area (Å²) >= 11 is 0. The number of guanidine groups is 1. The maximum atomic E-state index is 5.81. The van der Waals surface area contributed by atoms with Crippen LogP contribution in [0.3, 0.4) is 0 Å². The van der Waals surface area contributed by atoms with E-state index in [9.17, 15) is 0 Å². The molecule has 146 valence electrons. The molecule has 0 amide bonds. The molecule has 6 heteroatoms. The van der Waals surface area contributed by atoms with Crippen LogP contribution in [0.25, 0.3) is 0 Å². The number of hydrogen-bond acceptors (Lipinski definition) is 4. The van der Waals surface area contributed by atoms with Crippen LogP contribution in [0.2, 0.25) is 0 Å². The molecule has 2 N–H and O–H groups in total. The first-order valence-electron chi connectivity index (χ1n) is 10.2. The number of ether oxygens (including phenoxy) is 2. The van der Waals surface area contributed by atoms with Crippen molar-refractivity contribution in [3.8, 4) is 0 Å². The third-order valence-corrected chi connectivity index (χ3v) is 5.14. The Morgan fingerprint density at radius 2 is 1.96 bits per heavy atom. The fraction of sp³-hybridized carbons (Fsp3) is 0.947. The van der Waals surface area contributed by atoms with Gasteiger partial charge in [-0.3, -0.25) is 4.99 Å². The van der Waals surface area contributed by atoms with Gasteiger partial charge in [0.1, 0.15) is 0 Å². The minimum atomic E-state index is 0.545. The van der Waals surface area contributed by atoms with Gasteiger partial charge in [-0.2, -0.15) is 0 Å². The van der Waals surface area contributed by atoms with E-state index in [0.717, 1.165) is 58.2 Å². The Morgan fingerprint density at radius 3 is 2.64 bits per heavy atom. The molecule has 0 atom stereocenters. The summed E-state index contributed by atoms with van der Waals surface area (Å²) in [5, 5.41) is 6.99. The first-order chi connectivity index (χ1) is 12.3. The van der Waals surface area contributed by atoms with E-state index in [1.807, 2.05) is 7.05 Å². The van der Waals surface area contributed by atoms with Gasteiger partial charge in [0.2, 0.25) is 0 Å². The average Bonchev–Trinajstić information content (AvgIpc) is 2.66. The van der Waals surface area contributed by atoms with Gasteiger partial charge in [-0.25, -0.2) is 0 Å². The number of piperidine rings is 1. The van der Waals surface area contributed by atoms with Gasteiger partial charge < -0.3 is 25.0 Å². The summed E-state index contributed by atoms with van der Waals surface area (Å²) in [4.78, 5) is 6.91. The number of rotatable bonds is 9. The molecule has 0 aromatic rings. The molecule has 2 fully saturated rings. The zero-order chi connectivity index (χ0) is 17.7. The molecule has 0 aromatic heterocycles. The van der Waals surface area contributed by atoms with E-state index < -0.39 is 0 Å². The van der Waals surface area contributed by atoms with E-state index >= 15 is 0 Å². The molecule has 2 aliphatic heterocycles. The average molecular weight is 355 g/mol. The van der Waals surface area contributed by atoms with E-state index in [4.69, 9.17) is 9.47 Å². The highest BCUT2D eigenvalue weighted by atomic mass is 16.5. The maximum Gasteiger partial charge on any atom is 0.191 e. The lowest BCUT2D eigenvalue weighted by atomic mass is 10.0. The summed E-state index contributed by atoms with van der Waals surface area (Å²) in [6.07, 6.45) is 6.96. The third-order valence-electron chi connectivity index (χ3n) is 5.14. The van der Waals surface area contributed by atoms with Crippen molar-refractivity contribution in [1.29, 1.82) is 0 Å². The van der Waals surface area contributed by atoms with Crippen molar-refractivity contribution in [1.82, 2.24) is 15.5 Å². The van der Waals surface area contributed by atoms with Gasteiger partial charge in [0.05, 0.1) is 0 Å². The van der Waals surface area contributed by atoms with Crippen molar-refractivity contribution < 1.29 is 9.47 Å². The predicted octanol–water partition coefficient (Wildman–Crippen LogP) is 1.86. The number of aliphatic imine (C=N–C) groups is 1. The molecule has 0 radical (unpaired) electrons. The van der Waals surface area contributed by atoms with Crippen LogP contribution >= 0.6 is 0 Å². The first-order valence-corrected chi connectivity index (χ1v) is 10.2. The molecular formula is C19H38N4O2. The largest absolute Gasteiger partial charge is 0.381 e. The Balaban J connectivity index is 1.49. The Morgan fingerprint density at radius 1 is 1.20 bits per heavy atom. The highest BCUT2D eigenvalue weighted by molar-refractivity contribution is 5.79. The van der Waals surface area contributed by atoms with Crippen molar-refractivity contribution in [3.05, 3.63) is 0 Å². The van der Waals surface area contributed by atoms with Crippen LogP contribution in [-0.2, 0) is 9.47 Å². The van der Waals surface area contributed by atoms with Crippen LogP contribution < -0.4 is 10.6 Å². The van der Waals surface area contributed by atoms with E-state index in [1.165, 1.54) is 38.9 Å². The molecular weight excluding hydrogens is 316 g/mol. The summed E-state index contributed by atoms with van der Waals surface area (Å²) in [6.45, 7) is 10.3. The summed E-state index contributed by atoms with van der Waals surface area (Å²) in [6, 6.07) is 0.545. The van der Waals surface area contributed by atoms with Gasteiger partial charge in [0.25, 0.3) is 0 Å². The van der Waals surface area contributed by atoms with Crippen LogP contribution in [0.5, 0.6) is 0 Å². The monoisotopic (exact) mass is 354 g/mol. The normalized spacial score (nSPS) is 21.4. The standard InChI is InChI=1S/C19H38N4O2/c1-3-10-23-11-5-18(6-12-23)22-19(20-2)21-9-4-13-25-16-17-7-14-24-15-8-17/h17-18H,3-16H2,1-2H3,(H2,20,21,22). The van der Waals surface area contributed by atoms with E-state index in [-0.39, 0.29) is 0 Å². The van der Waals surface area contributed by atoms with Crippen molar-refractivity contribution in [3.63, 3.8) is 0 Å². The Bertz CT molecular complexity index is 364. The van der Waals surface area contributed by atoms with Crippen molar-refractivity contribution in [2.45, 2.75) is 51.5 Å². The van der Waals surface area contributed by atoms with Crippen LogP contribution in [0.15, 0.2) is 4.99 Å². The number of likely N-dealkylation sites (tertiary alicyclic amines) is 1. The second kappa shape index (κ2) is 12.5. The molecule has 2 rings (SSSR count). The minimum absolute atomic E-state index is 0.545. The fourth-order valence-corrected chi connectivity index (χ4v) is 3.55. The van der Waals surface area contributed by atoms with Gasteiger partial charge in [-0.15, -0.1) is 0 Å². The Hall–Kier alpha value is -0.850. The molecule has 0 unspecified atom stereocenters. The van der Waals surface area contributed by atoms with Gasteiger partial charge in [-0.1, -0.05) is 6.92 Å². The van der Waals surface area contributed by atoms with E-state index in [1.54, 1.807) is 0 Å². The minimum Gasteiger partial charge on any atom is -0.381 e. The predicted molar refractivity (Wildman–Crippen MR) is 103 cm³/mol. The van der Waals surface area contributed by atoms with Crippen LogP contribution in [-0.4, -0.2) is 76.6 Å². The van der Waals surface area contributed by atoms with Crippen LogP contribution in [0.4, 0.5) is 0 Å². The summed E-state index contributed by atoms with van der Waals surface area (Å²) < 4.78 is 11.2. The van der Waals surface area contributed by atoms with Crippen molar-refractivity contribution >= 4 is 5.96 Å². The SMILES string of the molecule is CCCN1CCC(NC(=NC)NCCCOCC2CCOCC2)CC1. The first kappa shape index (κ1) is 20.5. The summed E-state index contributed by atoms with van der Waals surface area (Å²) in [5.41, 5.74) is 0. The molecule has 0 aromatic carbocycles. The number of nitrogens with zero attached hydrogens (tertiary/aromatic N) is 2. The topological polar surface area (TPSA) is 58.1 Å². The molecule has 0 spiro atoms. The van der Waals surface area contributed by atoms with Gasteiger partial charge in [-0.05, 0) is 51.0 Å². The van der Waals surface area contributed by atoms with Gasteiger partial charge >= 0.3 is 0 Å². The lowest BCUT2D eigenvalue weighted by molar-refractivity contribution is 0.0203. The van der Waals surface area contributed by atoms with Crippen molar-refractivity contribution in [2.75, 3.05) is 59.7 Å². The lowest BCUT2D eigenvalue weighted by Gasteiger charge is -2.32. The molecule has 0 bridgehead atoms.